The maximum atomic E-state index is 12.7. The molecule has 0 saturated carbocycles. The van der Waals surface area contributed by atoms with E-state index < -0.39 is 18.0 Å². The molecule has 0 aromatic carbocycles. The van der Waals surface area contributed by atoms with E-state index in [0.717, 1.165) is 5.57 Å². The van der Waals surface area contributed by atoms with Gasteiger partial charge in [-0.05, 0) is 26.0 Å². The molecule has 2 nitrogen and oxygen atoms in total. The van der Waals surface area contributed by atoms with E-state index in [0.29, 0.717) is 0 Å². The lowest BCUT2D eigenvalue weighted by molar-refractivity contribution is -0.353. The number of fused-ring (bicyclic) bond motifs is 1. The Morgan fingerprint density at radius 1 is 1.46 bits per heavy atom. The Morgan fingerprint density at radius 2 is 2.15 bits per heavy atom. The van der Waals surface area contributed by atoms with Crippen molar-refractivity contribution < 1.29 is 18.3 Å². The van der Waals surface area contributed by atoms with Gasteiger partial charge in [0.05, 0.1) is 0 Å². The highest BCUT2D eigenvalue weighted by molar-refractivity contribution is 5.30. The van der Waals surface area contributed by atoms with Crippen molar-refractivity contribution >= 4 is 0 Å². The van der Waals surface area contributed by atoms with Gasteiger partial charge in [-0.1, -0.05) is 11.6 Å². The van der Waals surface area contributed by atoms with Gasteiger partial charge in [-0.25, -0.2) is 0 Å². The maximum Gasteiger partial charge on any atom is 0.487 e. The molecule has 1 heterocycles. The fourth-order valence-corrected chi connectivity index (χ4v) is 1.52. The van der Waals surface area contributed by atoms with Crippen molar-refractivity contribution in [3.8, 4) is 0 Å². The number of alkyl halides is 2. The fraction of sp³-hybridized carbons (Fsp3) is 0.556. The molecule has 1 fully saturated rings. The second-order valence-corrected chi connectivity index (χ2v) is 3.53. The lowest BCUT2D eigenvalue weighted by atomic mass is 9.92. The third-order valence-corrected chi connectivity index (χ3v) is 2.26. The zero-order chi connectivity index (χ0) is 9.69. The Balaban J connectivity index is 2.32. The van der Waals surface area contributed by atoms with Crippen LogP contribution in [0.2, 0.25) is 0 Å². The summed E-state index contributed by atoms with van der Waals surface area (Å²) in [7, 11) is 0. The van der Waals surface area contributed by atoms with Gasteiger partial charge in [-0.3, -0.25) is 9.47 Å². The van der Waals surface area contributed by atoms with E-state index in [2.05, 4.69) is 9.47 Å². The SMILES string of the molecule is CC1=CC2OC(F)(F)OC2(C)C=C1. The standard InChI is InChI=1S/C9H10F2O2/c1-6-3-4-8(2)7(5-6)12-9(10,11)13-8/h3-5,7H,1-2H3. The Morgan fingerprint density at radius 3 is 2.85 bits per heavy atom. The number of ether oxygens (including phenoxy) is 2. The molecule has 2 rings (SSSR count). The zero-order valence-electron chi connectivity index (χ0n) is 7.38. The summed E-state index contributed by atoms with van der Waals surface area (Å²) in [6, 6.07) is 0. The summed E-state index contributed by atoms with van der Waals surface area (Å²) in [5.41, 5.74) is -0.119. The van der Waals surface area contributed by atoms with Crippen LogP contribution in [0.5, 0.6) is 0 Å². The maximum absolute atomic E-state index is 12.7. The van der Waals surface area contributed by atoms with Crippen molar-refractivity contribution in [3.05, 3.63) is 23.8 Å². The first-order valence-electron chi connectivity index (χ1n) is 4.05. The minimum absolute atomic E-state index is 0.688. The molecule has 1 aliphatic heterocycles. The molecule has 0 aromatic heterocycles. The molecule has 0 aromatic rings. The summed E-state index contributed by atoms with van der Waals surface area (Å²) in [6.45, 7) is 3.41. The Bertz CT molecular complexity index is 296. The molecule has 2 atom stereocenters. The van der Waals surface area contributed by atoms with Crippen LogP contribution in [0.15, 0.2) is 23.8 Å². The molecule has 0 radical (unpaired) electrons. The van der Waals surface area contributed by atoms with Crippen LogP contribution in [0.25, 0.3) is 0 Å². The number of hydrogen-bond donors (Lipinski definition) is 0. The molecule has 2 unspecified atom stereocenters. The first-order chi connectivity index (χ1) is 5.91. The van der Waals surface area contributed by atoms with Crippen molar-refractivity contribution in [2.45, 2.75) is 31.8 Å². The van der Waals surface area contributed by atoms with Gasteiger partial charge in [0.25, 0.3) is 0 Å². The van der Waals surface area contributed by atoms with E-state index in [1.165, 1.54) is 0 Å². The van der Waals surface area contributed by atoms with Crippen LogP contribution in [-0.2, 0) is 9.47 Å². The van der Waals surface area contributed by atoms with Crippen molar-refractivity contribution in [1.82, 2.24) is 0 Å². The van der Waals surface area contributed by atoms with Crippen LogP contribution < -0.4 is 0 Å². The van der Waals surface area contributed by atoms with Crippen molar-refractivity contribution in [2.75, 3.05) is 0 Å². The normalized spacial score (nSPS) is 41.5. The molecule has 0 amide bonds. The zero-order valence-corrected chi connectivity index (χ0v) is 7.38. The first kappa shape index (κ1) is 8.84. The Hall–Kier alpha value is -0.740. The predicted octanol–water partition coefficient (Wildman–Crippen LogP) is 2.23. The largest absolute Gasteiger partial charge is 0.487 e. The molecule has 0 spiro atoms. The highest BCUT2D eigenvalue weighted by Gasteiger charge is 2.55. The van der Waals surface area contributed by atoms with Gasteiger partial charge >= 0.3 is 6.29 Å². The Labute approximate surface area is 74.8 Å². The van der Waals surface area contributed by atoms with E-state index in [-0.39, 0.29) is 0 Å². The number of halogens is 2. The average Bonchev–Trinajstić information content (AvgIpc) is 2.18. The van der Waals surface area contributed by atoms with Crippen LogP contribution in [0.3, 0.4) is 0 Å². The molecule has 1 aliphatic carbocycles. The van der Waals surface area contributed by atoms with Crippen molar-refractivity contribution in [2.24, 2.45) is 0 Å². The average molecular weight is 188 g/mol. The van der Waals surface area contributed by atoms with Crippen LogP contribution in [-0.4, -0.2) is 18.0 Å². The van der Waals surface area contributed by atoms with Crippen molar-refractivity contribution in [1.29, 1.82) is 0 Å². The minimum Gasteiger partial charge on any atom is -0.285 e. The monoisotopic (exact) mass is 188 g/mol. The highest BCUT2D eigenvalue weighted by Crippen LogP contribution is 2.42. The van der Waals surface area contributed by atoms with Gasteiger partial charge in [0.2, 0.25) is 0 Å². The van der Waals surface area contributed by atoms with Crippen molar-refractivity contribution in [3.63, 3.8) is 0 Å². The van der Waals surface area contributed by atoms with E-state index in [4.69, 9.17) is 0 Å². The summed E-state index contributed by atoms with van der Waals surface area (Å²) in [5, 5.41) is 0. The van der Waals surface area contributed by atoms with Gasteiger partial charge in [-0.2, -0.15) is 0 Å². The third kappa shape index (κ3) is 1.40. The first-order valence-corrected chi connectivity index (χ1v) is 4.05. The van der Waals surface area contributed by atoms with Crippen LogP contribution >= 0.6 is 0 Å². The molecule has 0 N–H and O–H groups in total. The van der Waals surface area contributed by atoms with Gasteiger partial charge in [0.15, 0.2) is 0 Å². The van der Waals surface area contributed by atoms with Gasteiger partial charge in [0.1, 0.15) is 11.7 Å². The number of hydrogen-bond acceptors (Lipinski definition) is 2. The molecular weight excluding hydrogens is 178 g/mol. The summed E-state index contributed by atoms with van der Waals surface area (Å²) in [4.78, 5) is 0. The van der Waals surface area contributed by atoms with Gasteiger partial charge in [0, 0.05) is 0 Å². The fourth-order valence-electron chi connectivity index (χ4n) is 1.52. The molecule has 72 valence electrons. The van der Waals surface area contributed by atoms with E-state index in [9.17, 15) is 8.78 Å². The predicted molar refractivity (Wildman–Crippen MR) is 42.2 cm³/mol. The van der Waals surface area contributed by atoms with Gasteiger partial charge < -0.3 is 0 Å². The molecule has 2 aliphatic rings. The summed E-state index contributed by atoms with van der Waals surface area (Å²) >= 11 is 0. The Kier molecular flexibility index (Phi) is 1.63. The highest BCUT2D eigenvalue weighted by atomic mass is 19.3. The molecule has 13 heavy (non-hydrogen) atoms. The lowest BCUT2D eigenvalue weighted by Gasteiger charge is -2.24. The second-order valence-electron chi connectivity index (χ2n) is 3.53. The molecular formula is C9H10F2O2. The number of allylic oxidation sites excluding steroid dienone is 2. The van der Waals surface area contributed by atoms with Gasteiger partial charge in [-0.15, -0.1) is 8.78 Å². The summed E-state index contributed by atoms with van der Waals surface area (Å²) in [5.74, 6) is 0. The van der Waals surface area contributed by atoms with E-state index >= 15 is 0 Å². The topological polar surface area (TPSA) is 18.5 Å². The second kappa shape index (κ2) is 2.39. The smallest absolute Gasteiger partial charge is 0.285 e. The van der Waals surface area contributed by atoms with Crippen LogP contribution in [0.1, 0.15) is 13.8 Å². The summed E-state index contributed by atoms with van der Waals surface area (Å²) in [6.07, 6.45) is 0.841. The van der Waals surface area contributed by atoms with E-state index in [1.54, 1.807) is 25.2 Å². The molecule has 4 heteroatoms. The minimum atomic E-state index is -3.47. The lowest BCUT2D eigenvalue weighted by Crippen LogP contribution is -2.34. The van der Waals surface area contributed by atoms with Crippen LogP contribution in [0, 0.1) is 0 Å². The summed E-state index contributed by atoms with van der Waals surface area (Å²) < 4.78 is 34.4. The molecule has 1 saturated heterocycles. The molecule has 0 bridgehead atoms. The van der Waals surface area contributed by atoms with E-state index in [1.807, 2.05) is 6.92 Å². The quantitative estimate of drug-likeness (QED) is 0.580. The van der Waals surface area contributed by atoms with Crippen LogP contribution in [0.4, 0.5) is 8.78 Å². The number of rotatable bonds is 0. The third-order valence-electron chi connectivity index (χ3n) is 2.26.